The molecule has 1 aliphatic heterocycles. The maximum Gasteiger partial charge on any atom is 0.222 e. The summed E-state index contributed by atoms with van der Waals surface area (Å²) in [6.07, 6.45) is 2.51. The first-order chi connectivity index (χ1) is 10.0. The molecule has 0 aromatic heterocycles. The largest absolute Gasteiger partial charge is 0.338 e. The number of carbonyl (C=O) groups is 1. The van der Waals surface area contributed by atoms with Crippen LogP contribution in [0.5, 0.6) is 0 Å². The minimum atomic E-state index is -0.266. The highest BCUT2D eigenvalue weighted by atomic mass is 19.1. The molecule has 4 heteroatoms. The van der Waals surface area contributed by atoms with Crippen molar-refractivity contribution in [2.24, 2.45) is 17.6 Å². The molecule has 116 valence electrons. The first-order valence-electron chi connectivity index (χ1n) is 7.77. The van der Waals surface area contributed by atoms with Gasteiger partial charge < -0.3 is 10.6 Å². The Bertz CT molecular complexity index is 502. The second-order valence-electron chi connectivity index (χ2n) is 6.24. The number of benzene rings is 1. The van der Waals surface area contributed by atoms with Gasteiger partial charge in [0.05, 0.1) is 0 Å². The van der Waals surface area contributed by atoms with Gasteiger partial charge in [-0.25, -0.2) is 4.39 Å². The molecule has 21 heavy (non-hydrogen) atoms. The Morgan fingerprint density at radius 2 is 2.05 bits per heavy atom. The lowest BCUT2D eigenvalue weighted by Gasteiger charge is -2.22. The maximum atomic E-state index is 14.2. The molecular formula is C17H25FN2O. The summed E-state index contributed by atoms with van der Waals surface area (Å²) in [4.78, 5) is 14.0. The summed E-state index contributed by atoms with van der Waals surface area (Å²) in [6.45, 7) is 5.66. The van der Waals surface area contributed by atoms with Crippen LogP contribution in [0.2, 0.25) is 0 Å². The van der Waals surface area contributed by atoms with E-state index in [4.69, 9.17) is 5.73 Å². The lowest BCUT2D eigenvalue weighted by molar-refractivity contribution is -0.131. The van der Waals surface area contributed by atoms with Gasteiger partial charge in [-0.15, -0.1) is 0 Å². The second-order valence-corrected chi connectivity index (χ2v) is 6.24. The molecule has 0 bridgehead atoms. The Hall–Kier alpha value is -1.42. The van der Waals surface area contributed by atoms with Crippen molar-refractivity contribution in [1.82, 2.24) is 4.90 Å². The lowest BCUT2D eigenvalue weighted by atomic mass is 9.89. The van der Waals surface area contributed by atoms with Gasteiger partial charge in [-0.1, -0.05) is 32.0 Å². The quantitative estimate of drug-likeness (QED) is 0.927. The van der Waals surface area contributed by atoms with Gasteiger partial charge in [0.1, 0.15) is 5.82 Å². The molecule has 2 rings (SSSR count). The third kappa shape index (κ3) is 3.82. The van der Waals surface area contributed by atoms with E-state index in [0.717, 1.165) is 12.8 Å². The highest BCUT2D eigenvalue weighted by Gasteiger charge is 2.25. The summed E-state index contributed by atoms with van der Waals surface area (Å²) in [5.74, 6) is 1.04. The van der Waals surface area contributed by atoms with Crippen molar-refractivity contribution >= 4 is 5.91 Å². The molecule has 3 nitrogen and oxygen atoms in total. The number of halogens is 1. The highest BCUT2D eigenvalue weighted by Crippen LogP contribution is 2.26. The van der Waals surface area contributed by atoms with E-state index in [1.54, 1.807) is 23.1 Å². The Kier molecular flexibility index (Phi) is 5.34. The standard InChI is InChI=1S/C17H25FN2O/c1-12(2)13-6-7-16(21)20(9-8-13)11-15-5-3-4-14(10-19)17(15)18/h3-5,12-13H,6-11,19H2,1-2H3. The number of rotatable bonds is 4. The summed E-state index contributed by atoms with van der Waals surface area (Å²) < 4.78 is 14.2. The van der Waals surface area contributed by atoms with Gasteiger partial charge in [-0.3, -0.25) is 4.79 Å². The molecule has 1 aromatic rings. The van der Waals surface area contributed by atoms with Crippen LogP contribution in [-0.2, 0) is 17.9 Å². The summed E-state index contributed by atoms with van der Waals surface area (Å²) in [5, 5.41) is 0. The zero-order chi connectivity index (χ0) is 15.4. The third-order valence-corrected chi connectivity index (χ3v) is 4.53. The van der Waals surface area contributed by atoms with Gasteiger partial charge in [0.15, 0.2) is 0 Å². The van der Waals surface area contributed by atoms with Gasteiger partial charge in [0, 0.05) is 37.2 Å². The molecule has 1 fully saturated rings. The molecule has 0 spiro atoms. The van der Waals surface area contributed by atoms with Crippen molar-refractivity contribution < 1.29 is 9.18 Å². The summed E-state index contributed by atoms with van der Waals surface area (Å²) in [5.41, 5.74) is 6.61. The highest BCUT2D eigenvalue weighted by molar-refractivity contribution is 5.76. The van der Waals surface area contributed by atoms with Crippen molar-refractivity contribution in [3.05, 3.63) is 35.1 Å². The van der Waals surface area contributed by atoms with Crippen LogP contribution < -0.4 is 5.73 Å². The van der Waals surface area contributed by atoms with Crippen molar-refractivity contribution in [2.75, 3.05) is 6.54 Å². The van der Waals surface area contributed by atoms with Crippen LogP contribution in [0.25, 0.3) is 0 Å². The fraction of sp³-hybridized carbons (Fsp3) is 0.588. The maximum absolute atomic E-state index is 14.2. The van der Waals surface area contributed by atoms with E-state index in [0.29, 0.717) is 42.5 Å². The van der Waals surface area contributed by atoms with Crippen molar-refractivity contribution in [2.45, 2.75) is 46.2 Å². The predicted molar refractivity (Wildman–Crippen MR) is 81.9 cm³/mol. The van der Waals surface area contributed by atoms with Crippen molar-refractivity contribution in [3.8, 4) is 0 Å². The fourth-order valence-electron chi connectivity index (χ4n) is 3.01. The van der Waals surface area contributed by atoms with Crippen LogP contribution in [0.3, 0.4) is 0 Å². The van der Waals surface area contributed by atoms with E-state index in [1.165, 1.54) is 0 Å². The number of likely N-dealkylation sites (tertiary alicyclic amines) is 1. The molecule has 1 heterocycles. The second kappa shape index (κ2) is 7.03. The monoisotopic (exact) mass is 292 g/mol. The van der Waals surface area contributed by atoms with Gasteiger partial charge in [-0.05, 0) is 24.7 Å². The first-order valence-corrected chi connectivity index (χ1v) is 7.77. The molecule has 1 unspecified atom stereocenters. The molecule has 2 N–H and O–H groups in total. The average Bonchev–Trinajstić information content (AvgIpc) is 2.64. The van der Waals surface area contributed by atoms with E-state index < -0.39 is 0 Å². The normalized spacial score (nSPS) is 20.0. The molecule has 0 saturated carbocycles. The van der Waals surface area contributed by atoms with Crippen LogP contribution in [0.1, 0.15) is 44.2 Å². The van der Waals surface area contributed by atoms with E-state index >= 15 is 0 Å². The molecule has 1 atom stereocenters. The molecule has 1 aliphatic rings. The summed E-state index contributed by atoms with van der Waals surface area (Å²) in [6, 6.07) is 5.24. The van der Waals surface area contributed by atoms with Gasteiger partial charge >= 0.3 is 0 Å². The molecule has 1 amide bonds. The zero-order valence-electron chi connectivity index (χ0n) is 12.9. The van der Waals surface area contributed by atoms with Crippen molar-refractivity contribution in [3.63, 3.8) is 0 Å². The molecule has 0 radical (unpaired) electrons. The first kappa shape index (κ1) is 16.0. The third-order valence-electron chi connectivity index (χ3n) is 4.53. The smallest absolute Gasteiger partial charge is 0.222 e. The number of carbonyl (C=O) groups excluding carboxylic acids is 1. The van der Waals surface area contributed by atoms with Crippen LogP contribution >= 0.6 is 0 Å². The van der Waals surface area contributed by atoms with Crippen LogP contribution in [0.4, 0.5) is 4.39 Å². The van der Waals surface area contributed by atoms with Gasteiger partial charge in [0.2, 0.25) is 5.91 Å². The SMILES string of the molecule is CC(C)C1CCC(=O)N(Cc2cccc(CN)c2F)CC1. The van der Waals surface area contributed by atoms with Crippen molar-refractivity contribution in [1.29, 1.82) is 0 Å². The zero-order valence-corrected chi connectivity index (χ0v) is 12.9. The average molecular weight is 292 g/mol. The van der Waals surface area contributed by atoms with Crippen LogP contribution in [-0.4, -0.2) is 17.4 Å². The summed E-state index contributed by atoms with van der Waals surface area (Å²) >= 11 is 0. The van der Waals surface area contributed by atoms with E-state index in [-0.39, 0.29) is 18.3 Å². The van der Waals surface area contributed by atoms with Crippen LogP contribution in [0.15, 0.2) is 18.2 Å². The fourth-order valence-corrected chi connectivity index (χ4v) is 3.01. The van der Waals surface area contributed by atoms with E-state index in [1.807, 2.05) is 0 Å². The Labute approximate surface area is 126 Å². The number of hydrogen-bond acceptors (Lipinski definition) is 2. The molecule has 1 saturated heterocycles. The summed E-state index contributed by atoms with van der Waals surface area (Å²) in [7, 11) is 0. The number of amides is 1. The number of nitrogens with two attached hydrogens (primary N) is 1. The predicted octanol–water partition coefficient (Wildman–Crippen LogP) is 3.07. The van der Waals surface area contributed by atoms with Gasteiger partial charge in [0.25, 0.3) is 0 Å². The number of nitrogens with zero attached hydrogens (tertiary/aromatic N) is 1. The van der Waals surface area contributed by atoms with Gasteiger partial charge in [-0.2, -0.15) is 0 Å². The molecule has 0 aliphatic carbocycles. The minimum absolute atomic E-state index is 0.135. The Balaban J connectivity index is 2.10. The molecular weight excluding hydrogens is 267 g/mol. The minimum Gasteiger partial charge on any atom is -0.338 e. The van der Waals surface area contributed by atoms with E-state index in [9.17, 15) is 9.18 Å². The lowest BCUT2D eigenvalue weighted by Crippen LogP contribution is -2.30. The molecule has 1 aromatic carbocycles. The number of hydrogen-bond donors (Lipinski definition) is 1. The Morgan fingerprint density at radius 1 is 1.33 bits per heavy atom. The van der Waals surface area contributed by atoms with E-state index in [2.05, 4.69) is 13.8 Å². The topological polar surface area (TPSA) is 46.3 Å². The Morgan fingerprint density at radius 3 is 2.71 bits per heavy atom. The van der Waals surface area contributed by atoms with Crippen LogP contribution in [0, 0.1) is 17.7 Å².